The minimum atomic E-state index is -0.863. The van der Waals surface area contributed by atoms with Crippen LogP contribution in [0, 0.1) is 22.9 Å². The molecule has 0 aromatic heterocycles. The first-order valence-electron chi connectivity index (χ1n) is 6.51. The van der Waals surface area contributed by atoms with Gasteiger partial charge in [-0.25, -0.2) is 0 Å². The summed E-state index contributed by atoms with van der Waals surface area (Å²) in [7, 11) is 0. The number of nitrogens with zero attached hydrogens (tertiary/aromatic N) is 1. The van der Waals surface area contributed by atoms with E-state index in [1.165, 1.54) is 12.5 Å². The molecule has 1 aromatic rings. The van der Waals surface area contributed by atoms with Crippen molar-refractivity contribution in [1.82, 2.24) is 0 Å². The molecule has 0 aliphatic rings. The summed E-state index contributed by atoms with van der Waals surface area (Å²) in [5.41, 5.74) is -0.527. The second-order valence-corrected chi connectivity index (χ2v) is 4.34. The molecule has 105 valence electrons. The third kappa shape index (κ3) is 5.68. The van der Waals surface area contributed by atoms with Gasteiger partial charge in [0.25, 0.3) is 0 Å². The van der Waals surface area contributed by atoms with Crippen LogP contribution in [0.1, 0.15) is 38.5 Å². The van der Waals surface area contributed by atoms with E-state index in [2.05, 4.69) is 6.92 Å². The molecule has 4 nitrogen and oxygen atoms in total. The minimum Gasteiger partial charge on any atom is -0.493 e. The van der Waals surface area contributed by atoms with Crippen LogP contribution >= 0.6 is 0 Å². The molecule has 0 atom stereocenters. The number of ether oxygens (including phenoxy) is 1. The van der Waals surface area contributed by atoms with E-state index in [9.17, 15) is 14.5 Å². The predicted molar refractivity (Wildman–Crippen MR) is 71.6 cm³/mol. The molecule has 1 aromatic carbocycles. The van der Waals surface area contributed by atoms with Gasteiger partial charge >= 0.3 is 5.69 Å². The van der Waals surface area contributed by atoms with Crippen molar-refractivity contribution < 1.29 is 14.1 Å². The molecule has 0 saturated heterocycles. The second-order valence-electron chi connectivity index (χ2n) is 4.34. The van der Waals surface area contributed by atoms with Crippen molar-refractivity contribution in [3.8, 4) is 5.75 Å². The summed E-state index contributed by atoms with van der Waals surface area (Å²) in [6, 6.07) is 3.60. The Morgan fingerprint density at radius 1 is 1.21 bits per heavy atom. The highest BCUT2D eigenvalue weighted by Crippen LogP contribution is 2.22. The quantitative estimate of drug-likeness (QED) is 0.381. The lowest BCUT2D eigenvalue weighted by Crippen LogP contribution is -1.99. The fourth-order valence-corrected chi connectivity index (χ4v) is 1.72. The molecule has 0 amide bonds. The van der Waals surface area contributed by atoms with Crippen molar-refractivity contribution in [1.29, 1.82) is 0 Å². The summed E-state index contributed by atoms with van der Waals surface area (Å²) >= 11 is 0. The van der Waals surface area contributed by atoms with Gasteiger partial charge in [0.05, 0.1) is 11.5 Å². The van der Waals surface area contributed by atoms with Crippen molar-refractivity contribution in [2.45, 2.75) is 38.5 Å². The van der Waals surface area contributed by atoms with Crippen LogP contribution in [0.3, 0.4) is 0 Å². The van der Waals surface area contributed by atoms with Crippen molar-refractivity contribution in [2.24, 2.45) is 0 Å². The molecule has 1 radical (unpaired) electrons. The van der Waals surface area contributed by atoms with Crippen LogP contribution in [-0.4, -0.2) is 11.5 Å². The zero-order valence-corrected chi connectivity index (χ0v) is 10.9. The molecule has 0 N–H and O–H groups in total. The molecule has 1 rings (SSSR count). The normalized spacial score (nSPS) is 10.4. The molecule has 0 aliphatic carbocycles. The molecule has 19 heavy (non-hydrogen) atoms. The van der Waals surface area contributed by atoms with Gasteiger partial charge in [0, 0.05) is 12.1 Å². The molecular weight excluding hydrogens is 249 g/mol. The summed E-state index contributed by atoms with van der Waals surface area (Å²) < 4.78 is 18.6. The number of benzene rings is 1. The largest absolute Gasteiger partial charge is 0.493 e. The van der Waals surface area contributed by atoms with Crippen molar-refractivity contribution in [3.05, 3.63) is 41.1 Å². The Hall–Kier alpha value is -1.65. The van der Waals surface area contributed by atoms with Gasteiger partial charge in [-0.2, -0.15) is 4.39 Å². The second kappa shape index (κ2) is 8.45. The molecule has 5 heteroatoms. The van der Waals surface area contributed by atoms with E-state index in [-0.39, 0.29) is 0 Å². The fraction of sp³-hybridized carbons (Fsp3) is 0.500. The monoisotopic (exact) mass is 268 g/mol. The third-order valence-corrected chi connectivity index (χ3v) is 2.78. The molecule has 0 unspecified atom stereocenters. The maximum Gasteiger partial charge on any atom is 0.305 e. The number of rotatable bonds is 9. The van der Waals surface area contributed by atoms with Crippen LogP contribution in [0.5, 0.6) is 5.75 Å². The summed E-state index contributed by atoms with van der Waals surface area (Å²) in [6.07, 6.45) is 6.40. The fourth-order valence-electron chi connectivity index (χ4n) is 1.72. The van der Waals surface area contributed by atoms with Crippen LogP contribution in [0.15, 0.2) is 18.2 Å². The molecular formula is C14H19FNO3. The van der Waals surface area contributed by atoms with Crippen LogP contribution in [0.25, 0.3) is 0 Å². The van der Waals surface area contributed by atoms with E-state index < -0.39 is 16.4 Å². The van der Waals surface area contributed by atoms with Crippen LogP contribution in [-0.2, 0) is 0 Å². The maximum atomic E-state index is 13.3. The Morgan fingerprint density at radius 2 is 1.89 bits per heavy atom. The van der Waals surface area contributed by atoms with Gasteiger partial charge in [-0.05, 0) is 12.5 Å². The Morgan fingerprint density at radius 3 is 2.53 bits per heavy atom. The molecule has 0 saturated carbocycles. The van der Waals surface area contributed by atoms with E-state index in [1.54, 1.807) is 0 Å². The van der Waals surface area contributed by atoms with Gasteiger partial charge in [-0.1, -0.05) is 39.0 Å². The minimum absolute atomic E-state index is 0.334. The van der Waals surface area contributed by atoms with Crippen LogP contribution < -0.4 is 4.74 Å². The number of halogens is 1. The number of hydrogen-bond donors (Lipinski definition) is 0. The van der Waals surface area contributed by atoms with E-state index in [0.29, 0.717) is 12.4 Å². The third-order valence-electron chi connectivity index (χ3n) is 2.78. The predicted octanol–water partition coefficient (Wildman–Crippen LogP) is 4.29. The Labute approximate surface area is 112 Å². The number of unbranched alkanes of at least 4 members (excludes halogenated alkanes) is 5. The standard InChI is InChI=1S/C14H19FNO3/c1-2-3-4-5-6-7-10-19-12-8-9-14(16(17)18)13(15)11-12/h8-9,11H,1-7,10H2. The molecule has 0 spiro atoms. The highest BCUT2D eigenvalue weighted by molar-refractivity contribution is 5.37. The summed E-state index contributed by atoms with van der Waals surface area (Å²) in [5, 5.41) is 10.4. The smallest absolute Gasteiger partial charge is 0.305 e. The summed E-state index contributed by atoms with van der Waals surface area (Å²) in [4.78, 5) is 9.69. The highest BCUT2D eigenvalue weighted by Gasteiger charge is 2.13. The lowest BCUT2D eigenvalue weighted by atomic mass is 10.1. The maximum absolute atomic E-state index is 13.3. The van der Waals surface area contributed by atoms with Gasteiger partial charge in [0.1, 0.15) is 5.75 Å². The van der Waals surface area contributed by atoms with Gasteiger partial charge in [-0.15, -0.1) is 0 Å². The number of hydrogen-bond acceptors (Lipinski definition) is 3. The lowest BCUT2D eigenvalue weighted by molar-refractivity contribution is -0.387. The van der Waals surface area contributed by atoms with Gasteiger partial charge in [0.15, 0.2) is 0 Å². The van der Waals surface area contributed by atoms with Crippen LogP contribution in [0.2, 0.25) is 0 Å². The van der Waals surface area contributed by atoms with Crippen molar-refractivity contribution in [2.75, 3.05) is 6.61 Å². The summed E-state index contributed by atoms with van der Waals surface area (Å²) in [5.74, 6) is -0.529. The van der Waals surface area contributed by atoms with Crippen molar-refractivity contribution in [3.63, 3.8) is 0 Å². The zero-order valence-electron chi connectivity index (χ0n) is 10.9. The van der Waals surface area contributed by atoms with E-state index in [0.717, 1.165) is 44.2 Å². The average molecular weight is 268 g/mol. The topological polar surface area (TPSA) is 52.4 Å². The molecule has 0 fully saturated rings. The SMILES string of the molecule is [CH2]CCCCCCCOc1ccc([N+](=O)[O-])c(F)c1. The molecule has 0 bridgehead atoms. The Bertz CT molecular complexity index is 410. The van der Waals surface area contributed by atoms with Crippen molar-refractivity contribution >= 4 is 5.69 Å². The van der Waals surface area contributed by atoms with Gasteiger partial charge < -0.3 is 4.74 Å². The Balaban J connectivity index is 2.26. The molecule has 0 heterocycles. The summed E-state index contributed by atoms with van der Waals surface area (Å²) in [6.45, 7) is 4.28. The van der Waals surface area contributed by atoms with Gasteiger partial charge in [0.2, 0.25) is 5.82 Å². The Kier molecular flexibility index (Phi) is 6.85. The lowest BCUT2D eigenvalue weighted by Gasteiger charge is -2.06. The molecule has 0 aliphatic heterocycles. The first-order chi connectivity index (χ1) is 9.15. The average Bonchev–Trinajstić information content (AvgIpc) is 2.37. The first-order valence-corrected chi connectivity index (χ1v) is 6.51. The zero-order chi connectivity index (χ0) is 14.1. The number of nitro groups is 1. The van der Waals surface area contributed by atoms with Crippen LogP contribution in [0.4, 0.5) is 10.1 Å². The van der Waals surface area contributed by atoms with E-state index in [1.807, 2.05) is 0 Å². The first kappa shape index (κ1) is 15.4. The van der Waals surface area contributed by atoms with Gasteiger partial charge in [-0.3, -0.25) is 10.1 Å². The highest BCUT2D eigenvalue weighted by atomic mass is 19.1. The van der Waals surface area contributed by atoms with E-state index >= 15 is 0 Å². The van der Waals surface area contributed by atoms with E-state index in [4.69, 9.17) is 4.74 Å². The number of nitro benzene ring substituents is 1.